The number of ether oxygens (including phenoxy) is 2. The minimum atomic E-state index is -1.37. The Morgan fingerprint density at radius 3 is 2.69 bits per heavy atom. The summed E-state index contributed by atoms with van der Waals surface area (Å²) in [7, 11) is 0. The molecule has 2 fully saturated rings. The van der Waals surface area contributed by atoms with Gasteiger partial charge in [0.05, 0.1) is 31.4 Å². The van der Waals surface area contributed by atoms with Gasteiger partial charge < -0.3 is 23.9 Å². The third-order valence-corrected chi connectivity index (χ3v) is 5.40. The maximum atomic E-state index is 13.2. The number of carbonyl (C=O) groups is 1. The third kappa shape index (κ3) is 2.40. The highest BCUT2D eigenvalue weighted by atomic mass is 16.7. The fourth-order valence-corrected chi connectivity index (χ4v) is 3.80. The Hall–Kier alpha value is -2.15. The average molecular weight is 355 g/mol. The van der Waals surface area contributed by atoms with Crippen LogP contribution < -0.4 is 4.90 Å². The van der Waals surface area contributed by atoms with E-state index in [1.165, 1.54) is 12.5 Å². The lowest BCUT2D eigenvalue weighted by Crippen LogP contribution is -2.47. The Morgan fingerprint density at radius 2 is 2.00 bits per heavy atom. The summed E-state index contributed by atoms with van der Waals surface area (Å²) in [4.78, 5) is 15.0. The van der Waals surface area contributed by atoms with Gasteiger partial charge in [0.15, 0.2) is 0 Å². The van der Waals surface area contributed by atoms with Crippen LogP contribution >= 0.6 is 0 Å². The van der Waals surface area contributed by atoms with Crippen LogP contribution in [0.25, 0.3) is 0 Å². The van der Waals surface area contributed by atoms with Crippen molar-refractivity contribution in [2.24, 2.45) is 5.92 Å². The number of fused-ring (bicyclic) bond motifs is 2. The number of aliphatic hydroxyl groups is 1. The van der Waals surface area contributed by atoms with E-state index in [2.05, 4.69) is 0 Å². The molecule has 26 heavy (non-hydrogen) atoms. The summed E-state index contributed by atoms with van der Waals surface area (Å²) in [5.74, 6) is -0.954. The van der Waals surface area contributed by atoms with Crippen LogP contribution in [0, 0.1) is 5.92 Å². The van der Waals surface area contributed by atoms with Crippen LogP contribution in [-0.4, -0.2) is 30.8 Å². The predicted molar refractivity (Wildman–Crippen MR) is 92.5 cm³/mol. The van der Waals surface area contributed by atoms with E-state index < -0.39 is 11.9 Å². The van der Waals surface area contributed by atoms with Gasteiger partial charge in [-0.3, -0.25) is 4.79 Å². The lowest BCUT2D eigenvalue weighted by Gasteiger charge is -2.32. The van der Waals surface area contributed by atoms with Gasteiger partial charge in [0, 0.05) is 17.7 Å². The second-order valence-electron chi connectivity index (χ2n) is 7.26. The molecule has 1 aromatic heterocycles. The maximum Gasteiger partial charge on any atom is 0.292 e. The van der Waals surface area contributed by atoms with Crippen molar-refractivity contribution in [1.29, 1.82) is 0 Å². The summed E-state index contributed by atoms with van der Waals surface area (Å²) in [6.45, 7) is 1.66. The van der Waals surface area contributed by atoms with Crippen LogP contribution in [0.15, 0.2) is 41.2 Å². The second-order valence-corrected chi connectivity index (χ2v) is 7.26. The molecular weight excluding hydrogens is 334 g/mol. The molecule has 6 nitrogen and oxygen atoms in total. The number of nitrogens with zero attached hydrogens (tertiary/aromatic N) is 1. The predicted octanol–water partition coefficient (Wildman–Crippen LogP) is 2.71. The van der Waals surface area contributed by atoms with Gasteiger partial charge in [0.2, 0.25) is 0 Å². The van der Waals surface area contributed by atoms with Gasteiger partial charge >= 0.3 is 0 Å². The molecule has 136 valence electrons. The minimum Gasteiger partial charge on any atom is -0.472 e. The maximum absolute atomic E-state index is 13.2. The van der Waals surface area contributed by atoms with E-state index in [-0.39, 0.29) is 5.91 Å². The zero-order valence-electron chi connectivity index (χ0n) is 14.4. The molecule has 1 saturated heterocycles. The number of carbonyl (C=O) groups excluding carboxylic acids is 1. The Balaban J connectivity index is 1.58. The molecule has 1 amide bonds. The molecule has 3 aliphatic rings. The summed E-state index contributed by atoms with van der Waals surface area (Å²) in [5, 5.41) is 10.6. The quantitative estimate of drug-likeness (QED) is 0.913. The molecule has 2 aromatic rings. The van der Waals surface area contributed by atoms with E-state index in [0.29, 0.717) is 42.4 Å². The van der Waals surface area contributed by atoms with E-state index in [4.69, 9.17) is 13.9 Å². The van der Waals surface area contributed by atoms with Gasteiger partial charge in [-0.05, 0) is 48.9 Å². The first-order valence-electron chi connectivity index (χ1n) is 9.13. The van der Waals surface area contributed by atoms with Crippen molar-refractivity contribution in [1.82, 2.24) is 0 Å². The number of hydrogen-bond donors (Lipinski definition) is 1. The van der Waals surface area contributed by atoms with Crippen LogP contribution in [-0.2, 0) is 20.1 Å². The van der Waals surface area contributed by atoms with Gasteiger partial charge in [-0.2, -0.15) is 0 Å². The van der Waals surface area contributed by atoms with Crippen LogP contribution in [0.2, 0.25) is 0 Å². The van der Waals surface area contributed by atoms with Crippen molar-refractivity contribution < 1.29 is 23.8 Å². The molecule has 1 saturated carbocycles. The molecule has 3 heterocycles. The SMILES string of the molecule is O=C1N(CC2CC2)c2ccc(C(O)c3ccoc3)cc2C12OCCCO2. The highest BCUT2D eigenvalue weighted by Crippen LogP contribution is 2.47. The van der Waals surface area contributed by atoms with E-state index in [9.17, 15) is 9.90 Å². The first-order chi connectivity index (χ1) is 12.7. The zero-order chi connectivity index (χ0) is 17.7. The Bertz CT molecular complexity index is 821. The van der Waals surface area contributed by atoms with Crippen LogP contribution in [0.4, 0.5) is 5.69 Å². The molecule has 6 heteroatoms. The molecule has 1 unspecified atom stereocenters. The smallest absolute Gasteiger partial charge is 0.292 e. The highest BCUT2D eigenvalue weighted by Gasteiger charge is 2.55. The fraction of sp³-hybridized carbons (Fsp3) is 0.450. The number of amides is 1. The molecule has 2 aliphatic heterocycles. The van der Waals surface area contributed by atoms with Gasteiger partial charge in [-0.25, -0.2) is 0 Å². The standard InChI is InChI=1S/C20H21NO5/c22-18(15-6-9-24-12-15)14-4-5-17-16(10-14)20(25-7-1-8-26-20)19(23)21(17)11-13-2-3-13/h4-6,9-10,12-13,18,22H,1-3,7-8,11H2. The highest BCUT2D eigenvalue weighted by molar-refractivity contribution is 6.06. The normalized spacial score (nSPS) is 22.7. The molecule has 1 spiro atoms. The van der Waals surface area contributed by atoms with Gasteiger partial charge in [-0.1, -0.05) is 6.07 Å². The molecule has 0 bridgehead atoms. The van der Waals surface area contributed by atoms with E-state index in [0.717, 1.165) is 24.9 Å². The fourth-order valence-electron chi connectivity index (χ4n) is 3.80. The summed E-state index contributed by atoms with van der Waals surface area (Å²) < 4.78 is 16.9. The van der Waals surface area contributed by atoms with E-state index in [1.807, 2.05) is 18.2 Å². The summed E-state index contributed by atoms with van der Waals surface area (Å²) >= 11 is 0. The Morgan fingerprint density at radius 1 is 1.19 bits per heavy atom. The molecule has 1 atom stereocenters. The van der Waals surface area contributed by atoms with Crippen molar-refractivity contribution in [3.05, 3.63) is 53.5 Å². The molecule has 1 N–H and O–H groups in total. The van der Waals surface area contributed by atoms with Gasteiger partial charge in [0.1, 0.15) is 6.10 Å². The van der Waals surface area contributed by atoms with Crippen molar-refractivity contribution >= 4 is 11.6 Å². The second kappa shape index (κ2) is 5.94. The first kappa shape index (κ1) is 16.1. The molecule has 5 rings (SSSR count). The van der Waals surface area contributed by atoms with Crippen LogP contribution in [0.5, 0.6) is 0 Å². The molecule has 1 aromatic carbocycles. The Kier molecular flexibility index (Phi) is 3.67. The number of furan rings is 1. The van der Waals surface area contributed by atoms with E-state index in [1.54, 1.807) is 11.0 Å². The topological polar surface area (TPSA) is 72.1 Å². The minimum absolute atomic E-state index is 0.144. The first-order valence-corrected chi connectivity index (χ1v) is 9.13. The number of benzene rings is 1. The monoisotopic (exact) mass is 355 g/mol. The molecular formula is C20H21NO5. The zero-order valence-corrected chi connectivity index (χ0v) is 14.4. The molecule has 1 aliphatic carbocycles. The molecule has 0 radical (unpaired) electrons. The van der Waals surface area contributed by atoms with Gasteiger partial charge in [-0.15, -0.1) is 0 Å². The number of aliphatic hydroxyl groups excluding tert-OH is 1. The third-order valence-electron chi connectivity index (χ3n) is 5.40. The van der Waals surface area contributed by atoms with Crippen molar-refractivity contribution in [2.75, 3.05) is 24.7 Å². The van der Waals surface area contributed by atoms with Crippen LogP contribution in [0.3, 0.4) is 0 Å². The van der Waals surface area contributed by atoms with Crippen LogP contribution in [0.1, 0.15) is 42.1 Å². The largest absolute Gasteiger partial charge is 0.472 e. The number of rotatable bonds is 4. The lowest BCUT2D eigenvalue weighted by molar-refractivity contribution is -0.256. The number of anilines is 1. The van der Waals surface area contributed by atoms with E-state index >= 15 is 0 Å². The van der Waals surface area contributed by atoms with Crippen molar-refractivity contribution in [2.45, 2.75) is 31.2 Å². The Labute approximate surface area is 151 Å². The number of hydrogen-bond acceptors (Lipinski definition) is 5. The lowest BCUT2D eigenvalue weighted by atomic mass is 9.98. The summed E-state index contributed by atoms with van der Waals surface area (Å²) in [6.07, 6.45) is 5.31. The summed E-state index contributed by atoms with van der Waals surface area (Å²) in [6, 6.07) is 7.31. The van der Waals surface area contributed by atoms with Crippen molar-refractivity contribution in [3.63, 3.8) is 0 Å². The van der Waals surface area contributed by atoms with Gasteiger partial charge in [0.25, 0.3) is 11.7 Å². The summed E-state index contributed by atoms with van der Waals surface area (Å²) in [5.41, 5.74) is 2.88. The van der Waals surface area contributed by atoms with Crippen molar-refractivity contribution in [3.8, 4) is 0 Å². The average Bonchev–Trinajstić information content (AvgIpc) is 3.28.